The van der Waals surface area contributed by atoms with Gasteiger partial charge in [-0.2, -0.15) is 4.98 Å². The molecule has 0 fully saturated rings. The Bertz CT molecular complexity index is 342. The number of anilines is 1. The van der Waals surface area contributed by atoms with E-state index in [4.69, 9.17) is 10.5 Å². The Labute approximate surface area is 84.6 Å². The molecule has 2 heterocycles. The predicted molar refractivity (Wildman–Crippen MR) is 53.1 cm³/mol. The zero-order chi connectivity index (χ0) is 9.42. The topological polar surface area (TPSA) is 61.0 Å². The van der Waals surface area contributed by atoms with Crippen molar-refractivity contribution in [1.82, 2.24) is 9.97 Å². The van der Waals surface area contributed by atoms with Crippen molar-refractivity contribution in [3.05, 3.63) is 11.3 Å². The lowest BCUT2D eigenvalue weighted by Gasteiger charge is -2.03. The molecule has 13 heavy (non-hydrogen) atoms. The molecule has 1 aliphatic heterocycles. The van der Waals surface area contributed by atoms with Gasteiger partial charge >= 0.3 is 0 Å². The zero-order valence-corrected chi connectivity index (χ0v) is 8.84. The summed E-state index contributed by atoms with van der Waals surface area (Å²) in [4.78, 5) is 8.12. The number of aromatic nitrogens is 2. The molecule has 0 saturated carbocycles. The number of nitrogen functional groups attached to an aromatic ring is 1. The molecular formula is C8H10BrN3O. The quantitative estimate of drug-likeness (QED) is 0.750. The average Bonchev–Trinajstić information content (AvgIpc) is 2.47. The maximum absolute atomic E-state index is 5.54. The van der Waals surface area contributed by atoms with Crippen molar-refractivity contribution in [3.63, 3.8) is 0 Å². The van der Waals surface area contributed by atoms with Crippen LogP contribution in [0.3, 0.4) is 0 Å². The van der Waals surface area contributed by atoms with E-state index in [0.29, 0.717) is 5.88 Å². The molecule has 1 unspecified atom stereocenters. The summed E-state index contributed by atoms with van der Waals surface area (Å²) in [6.07, 6.45) is 1.04. The van der Waals surface area contributed by atoms with Gasteiger partial charge in [0, 0.05) is 17.3 Å². The molecule has 0 radical (unpaired) electrons. The molecule has 4 nitrogen and oxygen atoms in total. The molecule has 0 bridgehead atoms. The van der Waals surface area contributed by atoms with Gasteiger partial charge in [-0.05, 0) is 6.92 Å². The standard InChI is InChI=1S/C8H10BrN3O/c1-4-6-2-5(3-9)13-7(6)12-8(10)11-4/h5H,2-3H2,1H3,(H2,10,11,12). The molecule has 0 saturated heterocycles. The number of ether oxygens (including phenoxy) is 1. The minimum Gasteiger partial charge on any atom is -0.473 e. The van der Waals surface area contributed by atoms with Crippen LogP contribution in [0.1, 0.15) is 11.3 Å². The van der Waals surface area contributed by atoms with Gasteiger partial charge in [0.05, 0.1) is 5.69 Å². The van der Waals surface area contributed by atoms with E-state index in [2.05, 4.69) is 25.9 Å². The number of nitrogens with two attached hydrogens (primary N) is 1. The summed E-state index contributed by atoms with van der Waals surface area (Å²) in [5, 5.41) is 0.808. The maximum atomic E-state index is 5.54. The van der Waals surface area contributed by atoms with E-state index in [9.17, 15) is 0 Å². The van der Waals surface area contributed by atoms with Gasteiger partial charge in [-0.1, -0.05) is 15.9 Å². The lowest BCUT2D eigenvalue weighted by atomic mass is 10.1. The predicted octanol–water partition coefficient (Wildman–Crippen LogP) is 1.07. The Balaban J connectivity index is 2.40. The summed E-state index contributed by atoms with van der Waals surface area (Å²) in [5.41, 5.74) is 7.51. The fourth-order valence-electron chi connectivity index (χ4n) is 1.44. The van der Waals surface area contributed by atoms with Gasteiger partial charge in [0.2, 0.25) is 11.8 Å². The third-order valence-corrected chi connectivity index (χ3v) is 2.80. The number of halogens is 1. The lowest BCUT2D eigenvalue weighted by molar-refractivity contribution is 0.252. The van der Waals surface area contributed by atoms with Crippen molar-refractivity contribution < 1.29 is 4.74 Å². The molecule has 0 spiro atoms. The van der Waals surface area contributed by atoms with E-state index in [1.807, 2.05) is 6.92 Å². The van der Waals surface area contributed by atoms with E-state index in [0.717, 1.165) is 23.0 Å². The van der Waals surface area contributed by atoms with E-state index in [1.165, 1.54) is 0 Å². The molecule has 2 rings (SSSR count). The molecule has 1 aliphatic rings. The number of hydrogen-bond donors (Lipinski definition) is 1. The highest BCUT2D eigenvalue weighted by atomic mass is 79.9. The number of rotatable bonds is 1. The SMILES string of the molecule is Cc1nc(N)nc2c1CC(CBr)O2. The summed E-state index contributed by atoms with van der Waals surface area (Å²) in [5.74, 6) is 0.931. The largest absolute Gasteiger partial charge is 0.473 e. The molecular weight excluding hydrogens is 234 g/mol. The first-order valence-electron chi connectivity index (χ1n) is 4.06. The molecule has 2 N–H and O–H groups in total. The van der Waals surface area contributed by atoms with E-state index >= 15 is 0 Å². The zero-order valence-electron chi connectivity index (χ0n) is 7.25. The van der Waals surface area contributed by atoms with Gasteiger partial charge in [0.15, 0.2) is 0 Å². The highest BCUT2D eigenvalue weighted by Crippen LogP contribution is 2.29. The van der Waals surface area contributed by atoms with Crippen LogP contribution in [-0.4, -0.2) is 21.4 Å². The van der Waals surface area contributed by atoms with Crippen molar-refractivity contribution in [2.75, 3.05) is 11.1 Å². The minimum absolute atomic E-state index is 0.171. The number of fused-ring (bicyclic) bond motifs is 1. The van der Waals surface area contributed by atoms with Crippen LogP contribution in [0.4, 0.5) is 5.95 Å². The maximum Gasteiger partial charge on any atom is 0.223 e. The van der Waals surface area contributed by atoms with Crippen molar-refractivity contribution >= 4 is 21.9 Å². The van der Waals surface area contributed by atoms with Gasteiger partial charge < -0.3 is 10.5 Å². The van der Waals surface area contributed by atoms with E-state index in [1.54, 1.807) is 0 Å². The molecule has 0 amide bonds. The van der Waals surface area contributed by atoms with Crippen LogP contribution in [0.15, 0.2) is 0 Å². The smallest absolute Gasteiger partial charge is 0.223 e. The molecule has 1 aromatic rings. The summed E-state index contributed by atoms with van der Waals surface area (Å²) >= 11 is 3.37. The average molecular weight is 244 g/mol. The van der Waals surface area contributed by atoms with Gasteiger partial charge in [-0.15, -0.1) is 0 Å². The lowest BCUT2D eigenvalue weighted by Crippen LogP contribution is -2.14. The fraction of sp³-hybridized carbons (Fsp3) is 0.500. The number of aryl methyl sites for hydroxylation is 1. The second-order valence-electron chi connectivity index (χ2n) is 3.05. The third-order valence-electron chi connectivity index (χ3n) is 2.08. The van der Waals surface area contributed by atoms with Gasteiger partial charge in [0.25, 0.3) is 0 Å². The van der Waals surface area contributed by atoms with E-state index in [-0.39, 0.29) is 12.1 Å². The first-order valence-corrected chi connectivity index (χ1v) is 5.18. The van der Waals surface area contributed by atoms with Crippen LogP contribution in [0.2, 0.25) is 0 Å². The van der Waals surface area contributed by atoms with Crippen molar-refractivity contribution in [2.45, 2.75) is 19.4 Å². The number of nitrogens with zero attached hydrogens (tertiary/aromatic N) is 2. The Morgan fingerprint density at radius 2 is 2.38 bits per heavy atom. The monoisotopic (exact) mass is 243 g/mol. The van der Waals surface area contributed by atoms with Crippen LogP contribution in [0.5, 0.6) is 5.88 Å². The van der Waals surface area contributed by atoms with Gasteiger partial charge in [0.1, 0.15) is 6.10 Å². The van der Waals surface area contributed by atoms with Crippen LogP contribution in [-0.2, 0) is 6.42 Å². The van der Waals surface area contributed by atoms with Crippen molar-refractivity contribution in [1.29, 1.82) is 0 Å². The Kier molecular flexibility index (Phi) is 2.11. The normalized spacial score (nSPS) is 19.7. The fourth-order valence-corrected chi connectivity index (χ4v) is 1.80. The van der Waals surface area contributed by atoms with Crippen LogP contribution >= 0.6 is 15.9 Å². The highest BCUT2D eigenvalue weighted by Gasteiger charge is 2.25. The second-order valence-corrected chi connectivity index (χ2v) is 3.70. The minimum atomic E-state index is 0.171. The first-order chi connectivity index (χ1) is 6.20. The van der Waals surface area contributed by atoms with Crippen molar-refractivity contribution in [2.24, 2.45) is 0 Å². The van der Waals surface area contributed by atoms with Crippen molar-refractivity contribution in [3.8, 4) is 5.88 Å². The summed E-state index contributed by atoms with van der Waals surface area (Å²) in [7, 11) is 0. The Morgan fingerprint density at radius 1 is 1.62 bits per heavy atom. The molecule has 70 valence electrons. The molecule has 5 heteroatoms. The van der Waals surface area contributed by atoms with Crippen LogP contribution in [0.25, 0.3) is 0 Å². The second kappa shape index (κ2) is 3.14. The Morgan fingerprint density at radius 3 is 3.08 bits per heavy atom. The summed E-state index contributed by atoms with van der Waals surface area (Å²) in [6.45, 7) is 1.93. The molecule has 0 aliphatic carbocycles. The summed E-state index contributed by atoms with van der Waals surface area (Å²) in [6, 6.07) is 0. The number of alkyl halides is 1. The molecule has 0 aromatic carbocycles. The van der Waals surface area contributed by atoms with Crippen LogP contribution < -0.4 is 10.5 Å². The third kappa shape index (κ3) is 1.48. The highest BCUT2D eigenvalue weighted by molar-refractivity contribution is 9.09. The van der Waals surface area contributed by atoms with Gasteiger partial charge in [-0.25, -0.2) is 4.98 Å². The molecule has 1 aromatic heterocycles. The molecule has 1 atom stereocenters. The van der Waals surface area contributed by atoms with Gasteiger partial charge in [-0.3, -0.25) is 0 Å². The Hall–Kier alpha value is -0.840. The number of hydrogen-bond acceptors (Lipinski definition) is 4. The van der Waals surface area contributed by atoms with E-state index < -0.39 is 0 Å². The van der Waals surface area contributed by atoms with Crippen LogP contribution in [0, 0.1) is 6.92 Å². The first kappa shape index (κ1) is 8.74. The summed E-state index contributed by atoms with van der Waals surface area (Å²) < 4.78 is 5.54.